The standard InChI is InChI=1S/C12H15FO/c1-3-11-10(8-7-9(2)14)5-4-6-12(11)13/h4-6,14H,2-3,7-8H2,1H3. The topological polar surface area (TPSA) is 20.2 Å². The first-order chi connectivity index (χ1) is 6.65. The van der Waals surface area contributed by atoms with Crippen molar-refractivity contribution in [2.24, 2.45) is 0 Å². The zero-order valence-corrected chi connectivity index (χ0v) is 8.39. The molecule has 0 aliphatic rings. The van der Waals surface area contributed by atoms with Crippen LogP contribution in [0, 0.1) is 5.82 Å². The highest BCUT2D eigenvalue weighted by molar-refractivity contribution is 5.29. The average Bonchev–Trinajstić information content (AvgIpc) is 2.14. The molecule has 0 spiro atoms. The van der Waals surface area contributed by atoms with Crippen molar-refractivity contribution in [2.75, 3.05) is 0 Å². The van der Waals surface area contributed by atoms with E-state index in [1.165, 1.54) is 6.07 Å². The molecule has 2 heteroatoms. The van der Waals surface area contributed by atoms with Crippen LogP contribution in [0.4, 0.5) is 4.39 Å². The first-order valence-corrected chi connectivity index (χ1v) is 4.78. The molecule has 1 aromatic rings. The Kier molecular flexibility index (Phi) is 3.69. The van der Waals surface area contributed by atoms with Crippen molar-refractivity contribution in [1.82, 2.24) is 0 Å². The van der Waals surface area contributed by atoms with Gasteiger partial charge in [0.25, 0.3) is 0 Å². The molecule has 0 aliphatic carbocycles. The lowest BCUT2D eigenvalue weighted by Gasteiger charge is -2.07. The van der Waals surface area contributed by atoms with Gasteiger partial charge < -0.3 is 5.11 Å². The molecule has 76 valence electrons. The fraction of sp³-hybridized carbons (Fsp3) is 0.333. The number of hydrogen-bond donors (Lipinski definition) is 1. The number of halogens is 1. The summed E-state index contributed by atoms with van der Waals surface area (Å²) in [6.07, 6.45) is 1.83. The van der Waals surface area contributed by atoms with Gasteiger partial charge in [-0.2, -0.15) is 0 Å². The summed E-state index contributed by atoms with van der Waals surface area (Å²) in [5.41, 5.74) is 1.71. The van der Waals surface area contributed by atoms with Crippen LogP contribution in [-0.2, 0) is 12.8 Å². The summed E-state index contributed by atoms with van der Waals surface area (Å²) in [7, 11) is 0. The fourth-order valence-corrected chi connectivity index (χ4v) is 1.51. The Morgan fingerprint density at radius 3 is 2.79 bits per heavy atom. The Balaban J connectivity index is 2.85. The van der Waals surface area contributed by atoms with E-state index >= 15 is 0 Å². The Labute approximate surface area is 83.9 Å². The Morgan fingerprint density at radius 1 is 1.50 bits per heavy atom. The third-order valence-electron chi connectivity index (χ3n) is 2.25. The lowest BCUT2D eigenvalue weighted by Crippen LogP contribution is -1.97. The monoisotopic (exact) mass is 194 g/mol. The molecule has 14 heavy (non-hydrogen) atoms. The van der Waals surface area contributed by atoms with E-state index in [1.807, 2.05) is 13.0 Å². The predicted molar refractivity (Wildman–Crippen MR) is 55.9 cm³/mol. The number of allylic oxidation sites excluding steroid dienone is 1. The molecule has 0 saturated carbocycles. The van der Waals surface area contributed by atoms with Gasteiger partial charge in [0.1, 0.15) is 5.82 Å². The van der Waals surface area contributed by atoms with Crippen molar-refractivity contribution in [3.05, 3.63) is 47.5 Å². The van der Waals surface area contributed by atoms with Crippen LogP contribution < -0.4 is 0 Å². The first-order valence-electron chi connectivity index (χ1n) is 4.78. The van der Waals surface area contributed by atoms with Gasteiger partial charge >= 0.3 is 0 Å². The molecule has 1 N–H and O–H groups in total. The molecule has 0 amide bonds. The molecule has 1 nitrogen and oxygen atoms in total. The molecule has 1 aromatic carbocycles. The molecule has 1 rings (SSSR count). The average molecular weight is 194 g/mol. The largest absolute Gasteiger partial charge is 0.513 e. The molecule has 0 unspecified atom stereocenters. The van der Waals surface area contributed by atoms with E-state index < -0.39 is 0 Å². The summed E-state index contributed by atoms with van der Waals surface area (Å²) in [4.78, 5) is 0. The van der Waals surface area contributed by atoms with Crippen LogP contribution >= 0.6 is 0 Å². The van der Waals surface area contributed by atoms with E-state index in [4.69, 9.17) is 5.11 Å². The SMILES string of the molecule is C=C(O)CCc1cccc(F)c1CC. The van der Waals surface area contributed by atoms with E-state index in [2.05, 4.69) is 6.58 Å². The van der Waals surface area contributed by atoms with Gasteiger partial charge in [-0.3, -0.25) is 0 Å². The highest BCUT2D eigenvalue weighted by atomic mass is 19.1. The Bertz CT molecular complexity index is 331. The van der Waals surface area contributed by atoms with Crippen LogP contribution in [0.1, 0.15) is 24.5 Å². The number of hydrogen-bond acceptors (Lipinski definition) is 1. The first kappa shape index (κ1) is 10.8. The van der Waals surface area contributed by atoms with E-state index in [0.717, 1.165) is 11.1 Å². The third-order valence-corrected chi connectivity index (χ3v) is 2.25. The molecule has 0 heterocycles. The Morgan fingerprint density at radius 2 is 2.21 bits per heavy atom. The fourth-order valence-electron chi connectivity index (χ4n) is 1.51. The van der Waals surface area contributed by atoms with Crippen LogP contribution in [-0.4, -0.2) is 5.11 Å². The predicted octanol–water partition coefficient (Wildman–Crippen LogP) is 3.39. The van der Waals surface area contributed by atoms with Gasteiger partial charge in [-0.15, -0.1) is 0 Å². The van der Waals surface area contributed by atoms with Gasteiger partial charge in [0.05, 0.1) is 5.76 Å². The van der Waals surface area contributed by atoms with Gasteiger partial charge in [0.2, 0.25) is 0 Å². The molecule has 0 fully saturated rings. The third kappa shape index (κ3) is 2.59. The van der Waals surface area contributed by atoms with Crippen LogP contribution in [0.2, 0.25) is 0 Å². The quantitative estimate of drug-likeness (QED) is 0.728. The minimum atomic E-state index is -0.159. The molecule has 0 bridgehead atoms. The molecular formula is C12H15FO. The summed E-state index contributed by atoms with van der Waals surface area (Å²) < 4.78 is 13.3. The number of aliphatic hydroxyl groups excluding tert-OH is 1. The minimum absolute atomic E-state index is 0.149. The second-order valence-electron chi connectivity index (χ2n) is 3.30. The number of aliphatic hydroxyl groups is 1. The van der Waals surface area contributed by atoms with Crippen molar-refractivity contribution in [2.45, 2.75) is 26.2 Å². The minimum Gasteiger partial charge on any atom is -0.513 e. The lowest BCUT2D eigenvalue weighted by molar-refractivity contribution is 0.391. The van der Waals surface area contributed by atoms with Crippen molar-refractivity contribution < 1.29 is 9.50 Å². The van der Waals surface area contributed by atoms with Crippen LogP contribution in [0.15, 0.2) is 30.5 Å². The maximum atomic E-state index is 13.3. The van der Waals surface area contributed by atoms with Gasteiger partial charge in [-0.05, 0) is 30.0 Å². The van der Waals surface area contributed by atoms with Crippen molar-refractivity contribution in [3.63, 3.8) is 0 Å². The summed E-state index contributed by atoms with van der Waals surface area (Å²) >= 11 is 0. The summed E-state index contributed by atoms with van der Waals surface area (Å²) in [6.45, 7) is 5.34. The second kappa shape index (κ2) is 4.80. The summed E-state index contributed by atoms with van der Waals surface area (Å²) in [6, 6.07) is 5.06. The van der Waals surface area contributed by atoms with Crippen molar-refractivity contribution >= 4 is 0 Å². The van der Waals surface area contributed by atoms with Crippen molar-refractivity contribution in [1.29, 1.82) is 0 Å². The van der Waals surface area contributed by atoms with Crippen LogP contribution in [0.3, 0.4) is 0 Å². The molecule has 0 aliphatic heterocycles. The summed E-state index contributed by atoms with van der Waals surface area (Å²) in [5.74, 6) is -0.00938. The van der Waals surface area contributed by atoms with Gasteiger partial charge in [-0.25, -0.2) is 4.39 Å². The zero-order chi connectivity index (χ0) is 10.6. The van der Waals surface area contributed by atoms with E-state index in [1.54, 1.807) is 6.07 Å². The normalized spacial score (nSPS) is 10.1. The molecule has 0 radical (unpaired) electrons. The smallest absolute Gasteiger partial charge is 0.126 e. The maximum absolute atomic E-state index is 13.3. The Hall–Kier alpha value is -1.31. The molecule has 0 aromatic heterocycles. The molecule has 0 saturated heterocycles. The number of aryl methyl sites for hydroxylation is 1. The second-order valence-corrected chi connectivity index (χ2v) is 3.30. The maximum Gasteiger partial charge on any atom is 0.126 e. The van der Waals surface area contributed by atoms with E-state index in [-0.39, 0.29) is 11.6 Å². The molecule has 0 atom stereocenters. The van der Waals surface area contributed by atoms with Gasteiger partial charge in [0, 0.05) is 6.42 Å². The van der Waals surface area contributed by atoms with Gasteiger partial charge in [-0.1, -0.05) is 25.6 Å². The summed E-state index contributed by atoms with van der Waals surface area (Å²) in [5, 5.41) is 8.96. The lowest BCUT2D eigenvalue weighted by atomic mass is 10.0. The van der Waals surface area contributed by atoms with Gasteiger partial charge in [0.15, 0.2) is 0 Å². The zero-order valence-electron chi connectivity index (χ0n) is 8.39. The van der Waals surface area contributed by atoms with Crippen molar-refractivity contribution in [3.8, 4) is 0 Å². The van der Waals surface area contributed by atoms with E-state index in [9.17, 15) is 4.39 Å². The highest BCUT2D eigenvalue weighted by Crippen LogP contribution is 2.16. The number of rotatable bonds is 4. The van der Waals surface area contributed by atoms with Crippen LogP contribution in [0.25, 0.3) is 0 Å². The van der Waals surface area contributed by atoms with E-state index in [0.29, 0.717) is 19.3 Å². The highest BCUT2D eigenvalue weighted by Gasteiger charge is 2.05. The molecular weight excluding hydrogens is 179 g/mol. The van der Waals surface area contributed by atoms with Crippen LogP contribution in [0.5, 0.6) is 0 Å². The number of benzene rings is 1.